The molecule has 1 aromatic heterocycles. The fourth-order valence-corrected chi connectivity index (χ4v) is 3.13. The number of hydrogen-bond acceptors (Lipinski definition) is 3. The number of thiophene rings is 1. The number of nitrogens with two attached hydrogens (primary N) is 1. The van der Waals surface area contributed by atoms with Crippen LogP contribution in [0.15, 0.2) is 14.3 Å². The molecule has 2 unspecified atom stereocenters. The fraction of sp³-hybridized carbons (Fsp3) is 0.500. The molecule has 0 spiro atoms. The summed E-state index contributed by atoms with van der Waals surface area (Å²) in [5.74, 6) is 0.0949. The zero-order valence-corrected chi connectivity index (χ0v) is 11.1. The van der Waals surface area contributed by atoms with Crippen LogP contribution in [0, 0.1) is 5.92 Å². The Bertz CT molecular complexity index is 270. The number of halogens is 2. The molecule has 0 aromatic carbocycles. The molecule has 2 nitrogen and oxygen atoms in total. The molecule has 0 amide bonds. The van der Waals surface area contributed by atoms with Crippen LogP contribution in [0.1, 0.15) is 17.9 Å². The summed E-state index contributed by atoms with van der Waals surface area (Å²) >= 11 is 8.29. The molecule has 0 radical (unpaired) electrons. The van der Waals surface area contributed by atoms with Crippen LogP contribution < -0.4 is 5.73 Å². The van der Waals surface area contributed by atoms with Crippen LogP contribution in [-0.2, 0) is 0 Å². The second kappa shape index (κ2) is 4.89. The molecule has 0 aliphatic rings. The average Bonchev–Trinajstić information content (AvgIpc) is 2.44. The third kappa shape index (κ3) is 2.76. The zero-order valence-electron chi connectivity index (χ0n) is 7.13. The topological polar surface area (TPSA) is 46.2 Å². The molecule has 0 fully saturated rings. The van der Waals surface area contributed by atoms with Crippen LogP contribution in [0.25, 0.3) is 0 Å². The maximum Gasteiger partial charge on any atom is 0.0920 e. The van der Waals surface area contributed by atoms with Gasteiger partial charge in [-0.25, -0.2) is 0 Å². The average molecular weight is 329 g/mol. The zero-order chi connectivity index (χ0) is 10.0. The summed E-state index contributed by atoms with van der Waals surface area (Å²) in [7, 11) is 0. The molecule has 2 atom stereocenters. The van der Waals surface area contributed by atoms with Crippen LogP contribution in [0.4, 0.5) is 0 Å². The lowest BCUT2D eigenvalue weighted by atomic mass is 10.0. The van der Waals surface area contributed by atoms with E-state index < -0.39 is 6.10 Å². The van der Waals surface area contributed by atoms with Gasteiger partial charge >= 0.3 is 0 Å². The number of aliphatic hydroxyl groups excluding tert-OH is 1. The maximum atomic E-state index is 9.82. The van der Waals surface area contributed by atoms with E-state index >= 15 is 0 Å². The van der Waals surface area contributed by atoms with Gasteiger partial charge in [0.25, 0.3) is 0 Å². The molecule has 74 valence electrons. The number of aliphatic hydroxyl groups is 1. The van der Waals surface area contributed by atoms with Crippen molar-refractivity contribution in [2.24, 2.45) is 11.7 Å². The molecule has 0 aliphatic heterocycles. The summed E-state index contributed by atoms with van der Waals surface area (Å²) in [4.78, 5) is 0.941. The maximum absolute atomic E-state index is 9.82. The Morgan fingerprint density at radius 2 is 2.23 bits per heavy atom. The normalized spacial score (nSPS) is 15.8. The second-order valence-electron chi connectivity index (χ2n) is 2.93. The minimum absolute atomic E-state index is 0.0949. The summed E-state index contributed by atoms with van der Waals surface area (Å²) in [6, 6.07) is 1.92. The van der Waals surface area contributed by atoms with Crippen LogP contribution in [0.3, 0.4) is 0 Å². The lowest BCUT2D eigenvalue weighted by Crippen LogP contribution is -2.17. The molecule has 0 aliphatic carbocycles. The number of rotatable bonds is 3. The molecule has 13 heavy (non-hydrogen) atoms. The van der Waals surface area contributed by atoms with Gasteiger partial charge in [0.05, 0.1) is 9.89 Å². The highest BCUT2D eigenvalue weighted by Crippen LogP contribution is 2.37. The van der Waals surface area contributed by atoms with Crippen molar-refractivity contribution in [2.45, 2.75) is 13.0 Å². The van der Waals surface area contributed by atoms with Gasteiger partial charge in [-0.1, -0.05) is 6.92 Å². The van der Waals surface area contributed by atoms with Crippen LogP contribution in [0.2, 0.25) is 0 Å². The molecule has 1 aromatic rings. The molecule has 0 bridgehead atoms. The lowest BCUT2D eigenvalue weighted by molar-refractivity contribution is 0.125. The van der Waals surface area contributed by atoms with Crippen molar-refractivity contribution in [2.75, 3.05) is 6.54 Å². The predicted octanol–water partition coefficient (Wildman–Crippen LogP) is 2.90. The molecular formula is C8H11Br2NOS. The van der Waals surface area contributed by atoms with Gasteiger partial charge in [-0.05, 0) is 50.4 Å². The Morgan fingerprint density at radius 1 is 1.62 bits per heavy atom. The molecule has 0 saturated heterocycles. The summed E-state index contributed by atoms with van der Waals surface area (Å²) in [5, 5.41) is 9.82. The summed E-state index contributed by atoms with van der Waals surface area (Å²) in [6.45, 7) is 2.43. The second-order valence-corrected chi connectivity index (χ2v) is 6.18. The Morgan fingerprint density at radius 3 is 2.62 bits per heavy atom. The first-order chi connectivity index (χ1) is 6.06. The van der Waals surface area contributed by atoms with Gasteiger partial charge in [0, 0.05) is 9.35 Å². The first-order valence-electron chi connectivity index (χ1n) is 3.89. The van der Waals surface area contributed by atoms with E-state index in [0.717, 1.165) is 13.1 Å². The molecular weight excluding hydrogens is 318 g/mol. The highest BCUT2D eigenvalue weighted by atomic mass is 79.9. The monoisotopic (exact) mass is 327 g/mol. The first kappa shape index (κ1) is 11.7. The lowest BCUT2D eigenvalue weighted by Gasteiger charge is -2.14. The fourth-order valence-electron chi connectivity index (χ4n) is 0.918. The highest BCUT2D eigenvalue weighted by molar-refractivity contribution is 9.13. The Hall–Kier alpha value is 0.580. The Balaban J connectivity index is 2.82. The van der Waals surface area contributed by atoms with Crippen molar-refractivity contribution in [3.63, 3.8) is 0 Å². The summed E-state index contributed by atoms with van der Waals surface area (Å²) < 4.78 is 1.99. The SMILES string of the molecule is CC(CN)C(O)c1cc(Br)c(Br)s1. The van der Waals surface area contributed by atoms with Gasteiger partial charge < -0.3 is 10.8 Å². The van der Waals surface area contributed by atoms with Crippen molar-refractivity contribution >= 4 is 43.2 Å². The van der Waals surface area contributed by atoms with E-state index in [1.165, 1.54) is 11.3 Å². The van der Waals surface area contributed by atoms with Gasteiger partial charge in [0.2, 0.25) is 0 Å². The van der Waals surface area contributed by atoms with E-state index in [9.17, 15) is 5.11 Å². The molecule has 3 N–H and O–H groups in total. The van der Waals surface area contributed by atoms with Crippen molar-refractivity contribution in [3.05, 3.63) is 19.2 Å². The molecule has 0 saturated carbocycles. The van der Waals surface area contributed by atoms with Crippen molar-refractivity contribution < 1.29 is 5.11 Å². The smallest absolute Gasteiger partial charge is 0.0920 e. The standard InChI is InChI=1S/C8H11Br2NOS/c1-4(3-11)7(12)6-2-5(9)8(10)13-6/h2,4,7,12H,3,11H2,1H3. The highest BCUT2D eigenvalue weighted by Gasteiger charge is 2.18. The van der Waals surface area contributed by atoms with E-state index in [0.29, 0.717) is 6.54 Å². The minimum atomic E-state index is -0.461. The van der Waals surface area contributed by atoms with E-state index in [1.807, 2.05) is 13.0 Å². The molecule has 5 heteroatoms. The summed E-state index contributed by atoms with van der Waals surface area (Å²) in [6.07, 6.45) is -0.461. The quantitative estimate of drug-likeness (QED) is 0.896. The first-order valence-corrected chi connectivity index (χ1v) is 6.29. The van der Waals surface area contributed by atoms with E-state index in [4.69, 9.17) is 5.73 Å². The van der Waals surface area contributed by atoms with Gasteiger partial charge in [0.15, 0.2) is 0 Å². The third-order valence-corrected chi connectivity index (χ3v) is 5.19. The summed E-state index contributed by atoms with van der Waals surface area (Å²) in [5.41, 5.74) is 5.48. The van der Waals surface area contributed by atoms with Crippen molar-refractivity contribution in [1.29, 1.82) is 0 Å². The van der Waals surface area contributed by atoms with Gasteiger partial charge in [-0.2, -0.15) is 0 Å². The Kier molecular flexibility index (Phi) is 4.38. The largest absolute Gasteiger partial charge is 0.387 e. The van der Waals surface area contributed by atoms with Crippen LogP contribution >= 0.6 is 43.2 Å². The van der Waals surface area contributed by atoms with Gasteiger partial charge in [0.1, 0.15) is 0 Å². The van der Waals surface area contributed by atoms with Gasteiger partial charge in [-0.3, -0.25) is 0 Å². The molecule has 1 rings (SSSR count). The van der Waals surface area contributed by atoms with Gasteiger partial charge in [-0.15, -0.1) is 11.3 Å². The predicted molar refractivity (Wildman–Crippen MR) is 62.9 cm³/mol. The minimum Gasteiger partial charge on any atom is -0.387 e. The van der Waals surface area contributed by atoms with E-state index in [1.54, 1.807) is 0 Å². The van der Waals surface area contributed by atoms with Crippen molar-refractivity contribution in [1.82, 2.24) is 0 Å². The van der Waals surface area contributed by atoms with Crippen molar-refractivity contribution in [3.8, 4) is 0 Å². The third-order valence-electron chi connectivity index (χ3n) is 1.87. The molecule has 1 heterocycles. The number of hydrogen-bond donors (Lipinski definition) is 2. The van der Waals surface area contributed by atoms with E-state index in [-0.39, 0.29) is 5.92 Å². The Labute approximate surface area is 98.4 Å². The van der Waals surface area contributed by atoms with Crippen LogP contribution in [0.5, 0.6) is 0 Å². The van der Waals surface area contributed by atoms with E-state index in [2.05, 4.69) is 31.9 Å². The van der Waals surface area contributed by atoms with Crippen LogP contribution in [-0.4, -0.2) is 11.7 Å².